The van der Waals surface area contributed by atoms with Gasteiger partial charge in [0.25, 0.3) is 0 Å². The van der Waals surface area contributed by atoms with Crippen LogP contribution >= 0.6 is 0 Å². The molecule has 1 aromatic carbocycles. The van der Waals surface area contributed by atoms with E-state index in [9.17, 15) is 12.8 Å². The number of halogens is 1. The number of nitrogens with one attached hydrogen (secondary N) is 4. The van der Waals surface area contributed by atoms with Gasteiger partial charge in [-0.1, -0.05) is 0 Å². The molecule has 12 heteroatoms. The molecular weight excluding hydrogens is 483 g/mol. The normalized spacial score (nSPS) is 12.1. The number of hydrogen-bond acceptors (Lipinski definition) is 6. The molecule has 0 spiro atoms. The van der Waals surface area contributed by atoms with E-state index in [1.165, 1.54) is 12.1 Å². The molecule has 0 aliphatic heterocycles. The molecule has 0 amide bonds. The van der Waals surface area contributed by atoms with Gasteiger partial charge in [0.1, 0.15) is 17.0 Å². The number of rotatable bonds is 6. The second kappa shape index (κ2) is 8.36. The molecule has 180 valence electrons. The van der Waals surface area contributed by atoms with Gasteiger partial charge in [0, 0.05) is 41.0 Å². The van der Waals surface area contributed by atoms with E-state index in [-0.39, 0.29) is 6.54 Å². The molecular formula is C24H19FN8O2S. The molecule has 4 N–H and O–H groups in total. The van der Waals surface area contributed by atoms with Gasteiger partial charge < -0.3 is 4.98 Å². The zero-order valence-corrected chi connectivity index (χ0v) is 19.7. The second-order valence-electron chi connectivity index (χ2n) is 8.40. The highest BCUT2D eigenvalue weighted by Gasteiger charge is 2.17. The van der Waals surface area contributed by atoms with Gasteiger partial charge in [-0.2, -0.15) is 10.2 Å². The van der Waals surface area contributed by atoms with Crippen LogP contribution in [0.2, 0.25) is 0 Å². The van der Waals surface area contributed by atoms with E-state index in [1.54, 1.807) is 24.7 Å². The molecule has 10 nitrogen and oxygen atoms in total. The zero-order valence-electron chi connectivity index (χ0n) is 18.9. The van der Waals surface area contributed by atoms with Crippen LogP contribution in [0, 0.1) is 5.82 Å². The van der Waals surface area contributed by atoms with Crippen molar-refractivity contribution in [2.24, 2.45) is 0 Å². The zero-order chi connectivity index (χ0) is 24.9. The van der Waals surface area contributed by atoms with Crippen molar-refractivity contribution < 1.29 is 12.8 Å². The van der Waals surface area contributed by atoms with Crippen LogP contribution in [0.3, 0.4) is 0 Å². The Morgan fingerprint density at radius 2 is 1.92 bits per heavy atom. The topological polar surface area (TPSA) is 145 Å². The first kappa shape index (κ1) is 22.1. The third-order valence-corrected chi connectivity index (χ3v) is 6.44. The van der Waals surface area contributed by atoms with Gasteiger partial charge in [-0.15, -0.1) is 0 Å². The van der Waals surface area contributed by atoms with E-state index in [0.29, 0.717) is 28.0 Å². The van der Waals surface area contributed by atoms with E-state index in [1.807, 2.05) is 24.3 Å². The lowest BCUT2D eigenvalue weighted by atomic mass is 10.0. The van der Waals surface area contributed by atoms with Gasteiger partial charge in [0.15, 0.2) is 0 Å². The number of aromatic nitrogens is 7. The van der Waals surface area contributed by atoms with Gasteiger partial charge >= 0.3 is 0 Å². The van der Waals surface area contributed by atoms with Crippen LogP contribution in [-0.2, 0) is 16.6 Å². The molecule has 0 radical (unpaired) electrons. The SMILES string of the molecule is CS(=O)(=O)NCc1cc(F)cc(-c2nccc3[nH]c(-c4n[nH]c5ccc(-c6cn[nH]c6)nc45)cc23)c1. The highest BCUT2D eigenvalue weighted by Crippen LogP contribution is 2.33. The minimum atomic E-state index is -3.42. The highest BCUT2D eigenvalue weighted by molar-refractivity contribution is 7.88. The maximum Gasteiger partial charge on any atom is 0.209 e. The number of sulfonamides is 1. The Balaban J connectivity index is 1.44. The van der Waals surface area contributed by atoms with Crippen LogP contribution < -0.4 is 4.72 Å². The first-order valence-electron chi connectivity index (χ1n) is 10.9. The molecule has 5 heterocycles. The monoisotopic (exact) mass is 502 g/mol. The fourth-order valence-corrected chi connectivity index (χ4v) is 4.58. The number of benzene rings is 1. The third-order valence-electron chi connectivity index (χ3n) is 5.77. The average Bonchev–Trinajstić information content (AvgIpc) is 3.60. The minimum Gasteiger partial charge on any atom is -0.353 e. The summed E-state index contributed by atoms with van der Waals surface area (Å²) in [5.74, 6) is -0.485. The smallest absolute Gasteiger partial charge is 0.209 e. The molecule has 0 aliphatic rings. The number of pyridine rings is 2. The van der Waals surface area contributed by atoms with E-state index >= 15 is 0 Å². The Hall–Kier alpha value is -4.42. The van der Waals surface area contributed by atoms with Gasteiger partial charge in [-0.3, -0.25) is 15.2 Å². The number of nitrogens with zero attached hydrogens (tertiary/aromatic N) is 4. The van der Waals surface area contributed by atoms with Crippen molar-refractivity contribution in [1.29, 1.82) is 0 Å². The molecule has 0 atom stereocenters. The third kappa shape index (κ3) is 4.12. The summed E-state index contributed by atoms with van der Waals surface area (Å²) in [6, 6.07) is 11.9. The van der Waals surface area contributed by atoms with E-state index in [2.05, 4.69) is 35.1 Å². The van der Waals surface area contributed by atoms with Crippen LogP contribution in [0.4, 0.5) is 4.39 Å². The van der Waals surface area contributed by atoms with E-state index in [0.717, 1.165) is 39.6 Å². The van der Waals surface area contributed by atoms with Gasteiger partial charge in [0.05, 0.1) is 35.1 Å². The van der Waals surface area contributed by atoms with Crippen molar-refractivity contribution in [3.05, 3.63) is 72.4 Å². The van der Waals surface area contributed by atoms with E-state index in [4.69, 9.17) is 4.98 Å². The summed E-state index contributed by atoms with van der Waals surface area (Å²) in [4.78, 5) is 12.6. The molecule has 36 heavy (non-hydrogen) atoms. The number of aromatic amines is 3. The first-order valence-corrected chi connectivity index (χ1v) is 12.8. The lowest BCUT2D eigenvalue weighted by molar-refractivity contribution is 0.586. The molecule has 0 saturated heterocycles. The summed E-state index contributed by atoms with van der Waals surface area (Å²) in [6.45, 7) is -0.0259. The number of fused-ring (bicyclic) bond motifs is 2. The Labute approximate surface area is 204 Å². The summed E-state index contributed by atoms with van der Waals surface area (Å²) in [7, 11) is -3.42. The minimum absolute atomic E-state index is 0.0259. The fourth-order valence-electron chi connectivity index (χ4n) is 4.15. The molecule has 0 bridgehead atoms. The quantitative estimate of drug-likeness (QED) is 0.273. The Kier molecular flexibility index (Phi) is 5.12. The average molecular weight is 503 g/mol. The number of H-pyrrole nitrogens is 3. The molecule has 0 saturated carbocycles. The van der Waals surface area contributed by atoms with Crippen molar-refractivity contribution in [2.45, 2.75) is 6.54 Å². The lowest BCUT2D eigenvalue weighted by Gasteiger charge is -2.07. The van der Waals surface area contributed by atoms with Crippen LogP contribution in [-0.4, -0.2) is 50.0 Å². The van der Waals surface area contributed by atoms with Crippen LogP contribution in [0.1, 0.15) is 5.56 Å². The predicted molar refractivity (Wildman–Crippen MR) is 134 cm³/mol. The van der Waals surface area contributed by atoms with Crippen LogP contribution in [0.15, 0.2) is 61.1 Å². The van der Waals surface area contributed by atoms with Gasteiger partial charge in [-0.05, 0) is 48.0 Å². The van der Waals surface area contributed by atoms with Crippen molar-refractivity contribution in [3.63, 3.8) is 0 Å². The van der Waals surface area contributed by atoms with Crippen molar-refractivity contribution in [2.75, 3.05) is 6.26 Å². The Morgan fingerprint density at radius 1 is 1.03 bits per heavy atom. The largest absolute Gasteiger partial charge is 0.353 e. The summed E-state index contributed by atoms with van der Waals surface area (Å²) < 4.78 is 39.8. The number of hydrogen-bond donors (Lipinski definition) is 4. The maximum atomic E-state index is 14.4. The maximum absolute atomic E-state index is 14.4. The molecule has 6 rings (SSSR count). The summed E-state index contributed by atoms with van der Waals surface area (Å²) in [6.07, 6.45) is 6.17. The second-order valence-corrected chi connectivity index (χ2v) is 10.2. The van der Waals surface area contributed by atoms with Crippen molar-refractivity contribution >= 4 is 32.0 Å². The Morgan fingerprint density at radius 3 is 2.72 bits per heavy atom. The van der Waals surface area contributed by atoms with Crippen molar-refractivity contribution in [3.8, 4) is 33.9 Å². The standard InChI is InChI=1S/C24H19FN8O2S/c1-36(34,35)29-10-13-6-14(8-16(25)7-13)22-17-9-21(30-19(17)4-5-26-22)24-23-20(32-33-24)3-2-18(31-23)15-11-27-28-12-15/h2-9,11-12,29-30H,10H2,1H3,(H,27,28)(H,32,33). The fraction of sp³-hybridized carbons (Fsp3) is 0.0833. The predicted octanol–water partition coefficient (Wildman–Crippen LogP) is 3.75. The summed E-state index contributed by atoms with van der Waals surface area (Å²) in [5.41, 5.74) is 6.80. The molecule has 0 aliphatic carbocycles. The Bertz CT molecular complexity index is 1840. The first-order chi connectivity index (χ1) is 17.3. The van der Waals surface area contributed by atoms with Crippen LogP contribution in [0.25, 0.3) is 55.8 Å². The molecule has 5 aromatic heterocycles. The molecule has 0 fully saturated rings. The van der Waals surface area contributed by atoms with Gasteiger partial charge in [-0.25, -0.2) is 22.5 Å². The summed E-state index contributed by atoms with van der Waals surface area (Å²) >= 11 is 0. The van der Waals surface area contributed by atoms with Crippen molar-refractivity contribution in [1.82, 2.24) is 40.1 Å². The summed E-state index contributed by atoms with van der Waals surface area (Å²) in [5, 5.41) is 15.0. The molecule has 0 unspecified atom stereocenters. The lowest BCUT2D eigenvalue weighted by Crippen LogP contribution is -2.21. The van der Waals surface area contributed by atoms with E-state index < -0.39 is 15.8 Å². The van der Waals surface area contributed by atoms with Crippen LogP contribution in [0.5, 0.6) is 0 Å². The highest BCUT2D eigenvalue weighted by atomic mass is 32.2. The van der Waals surface area contributed by atoms with Gasteiger partial charge in [0.2, 0.25) is 10.0 Å². The molecule has 6 aromatic rings.